The van der Waals surface area contributed by atoms with Crippen LogP contribution in [0.1, 0.15) is 56.2 Å². The lowest BCUT2D eigenvalue weighted by molar-refractivity contribution is 0.197. The molecule has 0 aliphatic heterocycles. The number of aryl methyl sites for hydroxylation is 2. The van der Waals surface area contributed by atoms with Gasteiger partial charge in [-0.1, -0.05) is 44.9 Å². The van der Waals surface area contributed by atoms with E-state index in [0.29, 0.717) is 6.42 Å². The van der Waals surface area contributed by atoms with Crippen LogP contribution in [0, 0.1) is 0 Å². The van der Waals surface area contributed by atoms with Gasteiger partial charge in [0, 0.05) is 0 Å². The Morgan fingerprint density at radius 1 is 0.882 bits per heavy atom. The van der Waals surface area contributed by atoms with E-state index < -0.39 is 0 Å². The van der Waals surface area contributed by atoms with Gasteiger partial charge in [0.15, 0.2) is 0 Å². The summed E-state index contributed by atoms with van der Waals surface area (Å²) < 4.78 is 0. The molecule has 0 unspecified atom stereocenters. The van der Waals surface area contributed by atoms with Gasteiger partial charge in [0.1, 0.15) is 0 Å². The van der Waals surface area contributed by atoms with E-state index in [1.54, 1.807) is 0 Å². The average Bonchev–Trinajstić information content (AvgIpc) is 2.36. The summed E-state index contributed by atoms with van der Waals surface area (Å²) in [6.45, 7) is 4.45. The monoisotopic (exact) mass is 233 g/mol. The van der Waals surface area contributed by atoms with Gasteiger partial charge in [0.05, 0.1) is 6.61 Å². The maximum absolute atomic E-state index is 10.8. The van der Waals surface area contributed by atoms with Crippen LogP contribution in [0.2, 0.25) is 0 Å². The zero-order valence-electron chi connectivity index (χ0n) is 11.3. The fourth-order valence-corrected chi connectivity index (χ4v) is 2.17. The normalized spacial score (nSPS) is 10.8. The van der Waals surface area contributed by atoms with Crippen molar-refractivity contribution in [2.45, 2.75) is 58.8 Å². The first-order valence-electron chi connectivity index (χ1n) is 7.00. The zero-order valence-corrected chi connectivity index (χ0v) is 11.3. The molecule has 0 bridgehead atoms. The molecular formula is C16H25O. The van der Waals surface area contributed by atoms with Crippen LogP contribution in [0.4, 0.5) is 0 Å². The van der Waals surface area contributed by atoms with Crippen LogP contribution in [0.25, 0.3) is 0 Å². The first kappa shape index (κ1) is 14.2. The summed E-state index contributed by atoms with van der Waals surface area (Å²) in [6, 6.07) is 6.71. The molecule has 95 valence electrons. The van der Waals surface area contributed by atoms with Gasteiger partial charge in [-0.25, -0.2) is 5.11 Å². The summed E-state index contributed by atoms with van der Waals surface area (Å²) in [7, 11) is 0. The van der Waals surface area contributed by atoms with Crippen LogP contribution >= 0.6 is 0 Å². The molecule has 0 aliphatic rings. The predicted octanol–water partition coefficient (Wildman–Crippen LogP) is 4.34. The van der Waals surface area contributed by atoms with Crippen molar-refractivity contribution in [1.29, 1.82) is 0 Å². The molecule has 0 saturated heterocycles. The minimum atomic E-state index is 0.00737. The van der Waals surface area contributed by atoms with E-state index in [1.807, 2.05) is 0 Å². The highest BCUT2D eigenvalue weighted by molar-refractivity contribution is 5.32. The number of hydrogen-bond donors (Lipinski definition) is 0. The van der Waals surface area contributed by atoms with E-state index in [9.17, 15) is 5.11 Å². The van der Waals surface area contributed by atoms with E-state index >= 15 is 0 Å². The number of unbranched alkanes of at least 4 members (excludes halogenated alkanes) is 2. The minimum absolute atomic E-state index is 0.00737. The molecule has 1 aromatic carbocycles. The maximum atomic E-state index is 10.8. The quantitative estimate of drug-likeness (QED) is 0.636. The lowest BCUT2D eigenvalue weighted by atomic mass is 9.96. The molecule has 0 heterocycles. The van der Waals surface area contributed by atoms with Crippen molar-refractivity contribution in [2.24, 2.45) is 0 Å². The van der Waals surface area contributed by atoms with E-state index in [1.165, 1.54) is 48.8 Å². The predicted molar refractivity (Wildman–Crippen MR) is 72.9 cm³/mol. The van der Waals surface area contributed by atoms with E-state index in [0.717, 1.165) is 6.42 Å². The van der Waals surface area contributed by atoms with Crippen molar-refractivity contribution < 1.29 is 5.11 Å². The lowest BCUT2D eigenvalue weighted by Crippen LogP contribution is -1.99. The highest BCUT2D eigenvalue weighted by atomic mass is 16.2. The molecular weight excluding hydrogens is 208 g/mol. The average molecular weight is 233 g/mol. The molecule has 1 radical (unpaired) electrons. The second kappa shape index (κ2) is 8.30. The lowest BCUT2D eigenvalue weighted by Gasteiger charge is -2.10. The summed E-state index contributed by atoms with van der Waals surface area (Å²) in [6.07, 6.45) is 7.94. The number of hydrogen-bond acceptors (Lipinski definition) is 0. The first-order chi connectivity index (χ1) is 8.31. The first-order valence-corrected chi connectivity index (χ1v) is 7.00. The van der Waals surface area contributed by atoms with Crippen molar-refractivity contribution in [2.75, 3.05) is 6.61 Å². The molecule has 0 fully saturated rings. The largest absolute Gasteiger partial charge is 0.236 e. The second-order valence-corrected chi connectivity index (χ2v) is 4.76. The van der Waals surface area contributed by atoms with Crippen molar-refractivity contribution in [3.63, 3.8) is 0 Å². The summed E-state index contributed by atoms with van der Waals surface area (Å²) in [4.78, 5) is 0. The highest BCUT2D eigenvalue weighted by Crippen LogP contribution is 2.17. The Balaban J connectivity index is 2.76. The van der Waals surface area contributed by atoms with Crippen molar-refractivity contribution in [1.82, 2.24) is 0 Å². The molecule has 0 atom stereocenters. The standard InChI is InChI=1S/C16H25O/c1-3-5-7-14-9-10-15(11-12-17)16(13-14)8-6-4-2/h9-10,13H,3-8,11-12H2,1-2H3. The van der Waals surface area contributed by atoms with Crippen LogP contribution in [-0.4, -0.2) is 6.61 Å². The zero-order chi connectivity index (χ0) is 12.5. The summed E-state index contributed by atoms with van der Waals surface area (Å²) >= 11 is 0. The van der Waals surface area contributed by atoms with Crippen LogP contribution in [0.15, 0.2) is 18.2 Å². The third kappa shape index (κ3) is 4.91. The summed E-state index contributed by atoms with van der Waals surface area (Å²) in [5.41, 5.74) is 4.12. The van der Waals surface area contributed by atoms with Crippen molar-refractivity contribution in [3.8, 4) is 0 Å². The topological polar surface area (TPSA) is 19.9 Å². The molecule has 0 spiro atoms. The summed E-state index contributed by atoms with van der Waals surface area (Å²) in [5.74, 6) is 0. The Bertz CT molecular complexity index is 317. The Labute approximate surface area is 106 Å². The fourth-order valence-electron chi connectivity index (χ4n) is 2.17. The van der Waals surface area contributed by atoms with Gasteiger partial charge in [0.2, 0.25) is 0 Å². The Hall–Kier alpha value is -0.820. The van der Waals surface area contributed by atoms with Gasteiger partial charge in [-0.05, 0) is 48.8 Å². The van der Waals surface area contributed by atoms with Gasteiger partial charge in [-0.2, -0.15) is 0 Å². The Morgan fingerprint density at radius 3 is 2.24 bits per heavy atom. The molecule has 0 aromatic heterocycles. The van der Waals surface area contributed by atoms with E-state index in [-0.39, 0.29) is 6.61 Å². The molecule has 0 amide bonds. The van der Waals surface area contributed by atoms with Gasteiger partial charge in [0.25, 0.3) is 0 Å². The maximum Gasteiger partial charge on any atom is 0.0862 e. The molecule has 1 rings (SSSR count). The minimum Gasteiger partial charge on any atom is -0.236 e. The van der Waals surface area contributed by atoms with Gasteiger partial charge in [-0.15, -0.1) is 0 Å². The van der Waals surface area contributed by atoms with Gasteiger partial charge >= 0.3 is 0 Å². The molecule has 0 N–H and O–H groups in total. The third-order valence-corrected chi connectivity index (χ3v) is 3.26. The molecule has 0 saturated carbocycles. The molecule has 1 aromatic rings. The number of benzene rings is 1. The van der Waals surface area contributed by atoms with Crippen LogP contribution in [-0.2, 0) is 24.4 Å². The van der Waals surface area contributed by atoms with Crippen LogP contribution < -0.4 is 0 Å². The van der Waals surface area contributed by atoms with Crippen LogP contribution in [0.5, 0.6) is 0 Å². The van der Waals surface area contributed by atoms with Gasteiger partial charge < -0.3 is 0 Å². The van der Waals surface area contributed by atoms with Gasteiger partial charge in [-0.3, -0.25) is 0 Å². The second-order valence-electron chi connectivity index (χ2n) is 4.76. The smallest absolute Gasteiger partial charge is 0.0862 e. The Kier molecular flexibility index (Phi) is 6.95. The Morgan fingerprint density at radius 2 is 1.59 bits per heavy atom. The molecule has 1 nitrogen and oxygen atoms in total. The van der Waals surface area contributed by atoms with Crippen LogP contribution in [0.3, 0.4) is 0 Å². The highest BCUT2D eigenvalue weighted by Gasteiger charge is 2.04. The van der Waals surface area contributed by atoms with Crippen molar-refractivity contribution in [3.05, 3.63) is 34.9 Å². The fraction of sp³-hybridized carbons (Fsp3) is 0.625. The van der Waals surface area contributed by atoms with Crippen molar-refractivity contribution >= 4 is 0 Å². The molecule has 0 aliphatic carbocycles. The molecule has 1 heteroatoms. The number of rotatable bonds is 8. The van der Waals surface area contributed by atoms with E-state index in [2.05, 4.69) is 32.0 Å². The SMILES string of the molecule is CCCCc1ccc(CC[O])c(CCCC)c1. The third-order valence-electron chi connectivity index (χ3n) is 3.26. The van der Waals surface area contributed by atoms with E-state index in [4.69, 9.17) is 0 Å². The molecule has 17 heavy (non-hydrogen) atoms. The summed E-state index contributed by atoms with van der Waals surface area (Å²) in [5, 5.41) is 10.8.